The Balaban J connectivity index is 2.38. The highest BCUT2D eigenvalue weighted by Gasteiger charge is 2.13. The molecule has 1 aromatic carbocycles. The van der Waals surface area contributed by atoms with E-state index in [9.17, 15) is 10.1 Å². The third-order valence-electron chi connectivity index (χ3n) is 2.70. The van der Waals surface area contributed by atoms with Crippen molar-refractivity contribution in [3.05, 3.63) is 39.7 Å². The van der Waals surface area contributed by atoms with Gasteiger partial charge in [0.25, 0.3) is 5.69 Å². The van der Waals surface area contributed by atoms with E-state index in [1.54, 1.807) is 38.9 Å². The maximum Gasteiger partial charge on any atom is 0.327 e. The van der Waals surface area contributed by atoms with Gasteiger partial charge in [-0.3, -0.25) is 10.1 Å². The van der Waals surface area contributed by atoms with Gasteiger partial charge >= 0.3 is 6.01 Å². The Kier molecular flexibility index (Phi) is 3.97. The fourth-order valence-electron chi connectivity index (χ4n) is 1.60. The van der Waals surface area contributed by atoms with Gasteiger partial charge in [-0.2, -0.15) is 15.0 Å². The highest BCUT2D eigenvalue weighted by molar-refractivity contribution is 5.44. The molecule has 0 unspecified atom stereocenters. The molecule has 21 heavy (non-hydrogen) atoms. The molecule has 0 spiro atoms. The van der Waals surface area contributed by atoms with Crippen LogP contribution in [0.2, 0.25) is 0 Å². The van der Waals surface area contributed by atoms with Crippen LogP contribution in [0.5, 0.6) is 11.8 Å². The fraction of sp³-hybridized carbons (Fsp3) is 0.308. The van der Waals surface area contributed by atoms with Crippen LogP contribution in [0.1, 0.15) is 11.4 Å². The van der Waals surface area contributed by atoms with Gasteiger partial charge < -0.3 is 9.64 Å². The second-order valence-electron chi connectivity index (χ2n) is 4.67. The van der Waals surface area contributed by atoms with Crippen molar-refractivity contribution in [3.8, 4) is 11.8 Å². The third-order valence-corrected chi connectivity index (χ3v) is 2.70. The maximum absolute atomic E-state index is 10.8. The Morgan fingerprint density at radius 1 is 1.19 bits per heavy atom. The van der Waals surface area contributed by atoms with Crippen molar-refractivity contribution in [1.82, 2.24) is 15.0 Å². The average molecular weight is 289 g/mol. The Labute approximate surface area is 121 Å². The van der Waals surface area contributed by atoms with Crippen LogP contribution < -0.4 is 9.64 Å². The average Bonchev–Trinajstić information content (AvgIpc) is 2.40. The zero-order chi connectivity index (χ0) is 15.6. The molecular weight excluding hydrogens is 274 g/mol. The zero-order valence-corrected chi connectivity index (χ0v) is 12.2. The highest BCUT2D eigenvalue weighted by Crippen LogP contribution is 2.27. The molecule has 0 radical (unpaired) electrons. The Morgan fingerprint density at radius 3 is 2.52 bits per heavy atom. The van der Waals surface area contributed by atoms with Crippen LogP contribution in [0.3, 0.4) is 0 Å². The van der Waals surface area contributed by atoms with Crippen LogP contribution in [0.15, 0.2) is 18.2 Å². The number of non-ortho nitro benzene ring substituents is 1. The van der Waals surface area contributed by atoms with Gasteiger partial charge in [-0.15, -0.1) is 0 Å². The van der Waals surface area contributed by atoms with Crippen LogP contribution in [0, 0.1) is 24.0 Å². The van der Waals surface area contributed by atoms with Crippen molar-refractivity contribution < 1.29 is 9.66 Å². The molecule has 2 aromatic rings. The summed E-state index contributed by atoms with van der Waals surface area (Å²) in [5, 5.41) is 10.8. The lowest BCUT2D eigenvalue weighted by molar-refractivity contribution is -0.384. The number of ether oxygens (including phenoxy) is 1. The van der Waals surface area contributed by atoms with Crippen molar-refractivity contribution in [1.29, 1.82) is 0 Å². The maximum atomic E-state index is 10.8. The van der Waals surface area contributed by atoms with Crippen LogP contribution in [-0.4, -0.2) is 34.0 Å². The van der Waals surface area contributed by atoms with Crippen LogP contribution in [-0.2, 0) is 0 Å². The summed E-state index contributed by atoms with van der Waals surface area (Å²) in [6.07, 6.45) is 0. The second kappa shape index (κ2) is 5.70. The first-order chi connectivity index (χ1) is 9.86. The first-order valence-corrected chi connectivity index (χ1v) is 6.19. The predicted octanol–water partition coefficient (Wildman–Crippen LogP) is 2.25. The zero-order valence-electron chi connectivity index (χ0n) is 12.2. The number of hydrogen-bond acceptors (Lipinski definition) is 7. The molecule has 8 nitrogen and oxygen atoms in total. The lowest BCUT2D eigenvalue weighted by Gasteiger charge is -2.12. The second-order valence-corrected chi connectivity index (χ2v) is 4.67. The van der Waals surface area contributed by atoms with E-state index in [4.69, 9.17) is 4.74 Å². The third kappa shape index (κ3) is 3.41. The van der Waals surface area contributed by atoms with E-state index < -0.39 is 4.92 Å². The molecule has 0 fully saturated rings. The summed E-state index contributed by atoms with van der Waals surface area (Å²) in [5.74, 6) is 1.31. The van der Waals surface area contributed by atoms with Crippen LogP contribution >= 0.6 is 0 Å². The SMILES string of the molecule is Cc1nc(Oc2cc([N+](=O)[O-])ccc2C)nc(N(C)C)n1. The summed E-state index contributed by atoms with van der Waals surface area (Å²) >= 11 is 0. The number of nitro benzene ring substituents is 1. The minimum Gasteiger partial charge on any atom is -0.424 e. The smallest absolute Gasteiger partial charge is 0.327 e. The first kappa shape index (κ1) is 14.6. The summed E-state index contributed by atoms with van der Waals surface area (Å²) in [5.41, 5.74) is 0.708. The molecule has 2 rings (SSSR count). The van der Waals surface area contributed by atoms with Gasteiger partial charge in [0.15, 0.2) is 0 Å². The number of nitrogens with zero attached hydrogens (tertiary/aromatic N) is 5. The number of nitro groups is 1. The molecule has 0 atom stereocenters. The Bertz CT molecular complexity index is 688. The molecule has 8 heteroatoms. The van der Waals surface area contributed by atoms with E-state index in [-0.39, 0.29) is 11.7 Å². The van der Waals surface area contributed by atoms with E-state index in [0.29, 0.717) is 17.5 Å². The lowest BCUT2D eigenvalue weighted by Crippen LogP contribution is -2.14. The van der Waals surface area contributed by atoms with E-state index in [2.05, 4.69) is 15.0 Å². The molecule has 0 N–H and O–H groups in total. The number of hydrogen-bond donors (Lipinski definition) is 0. The highest BCUT2D eigenvalue weighted by atomic mass is 16.6. The first-order valence-electron chi connectivity index (χ1n) is 6.19. The molecule has 0 saturated heterocycles. The van der Waals surface area contributed by atoms with Crippen molar-refractivity contribution in [3.63, 3.8) is 0 Å². The van der Waals surface area contributed by atoms with Crippen LogP contribution in [0.4, 0.5) is 11.6 Å². The summed E-state index contributed by atoms with van der Waals surface area (Å²) in [7, 11) is 3.61. The minimum absolute atomic E-state index is 0.0470. The summed E-state index contributed by atoms with van der Waals surface area (Å²) in [4.78, 5) is 24.5. The molecule has 0 aliphatic carbocycles. The van der Waals surface area contributed by atoms with Crippen molar-refractivity contribution in [2.24, 2.45) is 0 Å². The van der Waals surface area contributed by atoms with Gasteiger partial charge in [0.1, 0.15) is 11.6 Å². The van der Waals surface area contributed by atoms with Gasteiger partial charge in [-0.05, 0) is 25.5 Å². The molecular formula is C13H15N5O3. The van der Waals surface area contributed by atoms with Crippen molar-refractivity contribution in [2.75, 3.05) is 19.0 Å². The van der Waals surface area contributed by atoms with E-state index in [1.165, 1.54) is 12.1 Å². The van der Waals surface area contributed by atoms with Gasteiger partial charge in [0, 0.05) is 20.2 Å². The van der Waals surface area contributed by atoms with E-state index in [1.807, 2.05) is 0 Å². The molecule has 0 aliphatic rings. The standard InChI is InChI=1S/C13H15N5O3/c1-8-5-6-10(18(19)20)7-11(8)21-13-15-9(2)14-12(16-13)17(3)4/h5-7H,1-4H3. The Hall–Kier alpha value is -2.77. The van der Waals surface area contributed by atoms with E-state index in [0.717, 1.165) is 5.56 Å². The number of aromatic nitrogens is 3. The quantitative estimate of drug-likeness (QED) is 0.629. The fourth-order valence-corrected chi connectivity index (χ4v) is 1.60. The normalized spacial score (nSPS) is 10.3. The van der Waals surface area contributed by atoms with Crippen molar-refractivity contribution >= 4 is 11.6 Å². The summed E-state index contributed by atoms with van der Waals surface area (Å²) in [6.45, 7) is 3.52. The van der Waals surface area contributed by atoms with E-state index >= 15 is 0 Å². The number of benzene rings is 1. The van der Waals surface area contributed by atoms with Crippen LogP contribution in [0.25, 0.3) is 0 Å². The Morgan fingerprint density at radius 2 is 1.90 bits per heavy atom. The molecule has 1 heterocycles. The molecule has 1 aromatic heterocycles. The molecule has 0 saturated carbocycles. The number of rotatable bonds is 4. The topological polar surface area (TPSA) is 94.3 Å². The molecule has 0 aliphatic heterocycles. The van der Waals surface area contributed by atoms with Gasteiger partial charge in [0.2, 0.25) is 5.95 Å². The van der Waals surface area contributed by atoms with Gasteiger partial charge in [-0.25, -0.2) is 0 Å². The molecule has 0 bridgehead atoms. The molecule has 0 amide bonds. The van der Waals surface area contributed by atoms with Crippen molar-refractivity contribution in [2.45, 2.75) is 13.8 Å². The number of aryl methyl sites for hydroxylation is 2. The predicted molar refractivity (Wildman–Crippen MR) is 76.8 cm³/mol. The summed E-state index contributed by atoms with van der Waals surface area (Å²) in [6, 6.07) is 4.50. The van der Waals surface area contributed by atoms with Gasteiger partial charge in [0.05, 0.1) is 11.0 Å². The summed E-state index contributed by atoms with van der Waals surface area (Å²) < 4.78 is 5.58. The monoisotopic (exact) mass is 289 g/mol. The number of anilines is 1. The minimum atomic E-state index is -0.476. The molecule has 110 valence electrons. The van der Waals surface area contributed by atoms with Gasteiger partial charge in [-0.1, -0.05) is 0 Å². The largest absolute Gasteiger partial charge is 0.424 e. The lowest BCUT2D eigenvalue weighted by atomic mass is 10.2.